The largest absolute Gasteiger partial charge is 0.310 e. The first-order valence-electron chi connectivity index (χ1n) is 6.79. The number of nitro groups is 1. The molecule has 0 heterocycles. The first-order valence-corrected chi connectivity index (χ1v) is 7.17. The van der Waals surface area contributed by atoms with Crippen molar-refractivity contribution in [2.75, 3.05) is 6.54 Å². The number of rotatable bonds is 6. The molecule has 0 bridgehead atoms. The maximum atomic E-state index is 11.0. The van der Waals surface area contributed by atoms with Gasteiger partial charge in [0.05, 0.1) is 4.92 Å². The molecule has 1 atom stereocenters. The number of hydrogen-bond donors (Lipinski definition) is 1. The number of nitrogens with one attached hydrogen (secondary N) is 1. The number of para-hydroxylation sites is 1. The second-order valence-corrected chi connectivity index (χ2v) is 5.30. The Hall–Kier alpha value is -1.91. The third kappa shape index (κ3) is 4.28. The molecule has 2 aromatic carbocycles. The fraction of sp³-hybridized carbons (Fsp3) is 0.250. The smallest absolute Gasteiger partial charge is 0.274 e. The van der Waals surface area contributed by atoms with Crippen LogP contribution in [0, 0.1) is 10.1 Å². The summed E-state index contributed by atoms with van der Waals surface area (Å²) in [6.45, 7) is 2.68. The van der Waals surface area contributed by atoms with E-state index in [1.807, 2.05) is 37.3 Å². The summed E-state index contributed by atoms with van der Waals surface area (Å²) in [6, 6.07) is 14.5. The maximum Gasteiger partial charge on any atom is 0.274 e. The molecule has 2 rings (SSSR count). The standard InChI is InChI=1S/C16H17ClN2O2/c1-12(15-4-2-3-5-16(15)19(20)21)18-11-10-13-6-8-14(17)9-7-13/h2-9,12,18H,10-11H2,1H3. The van der Waals surface area contributed by atoms with Crippen LogP contribution in [0.3, 0.4) is 0 Å². The molecule has 0 aliphatic rings. The van der Waals surface area contributed by atoms with E-state index in [1.165, 1.54) is 11.6 Å². The highest BCUT2D eigenvalue weighted by molar-refractivity contribution is 6.30. The van der Waals surface area contributed by atoms with Gasteiger partial charge in [0.15, 0.2) is 0 Å². The quantitative estimate of drug-likeness (QED) is 0.644. The Balaban J connectivity index is 1.94. The van der Waals surface area contributed by atoms with Crippen LogP contribution in [0.25, 0.3) is 0 Å². The van der Waals surface area contributed by atoms with Gasteiger partial charge < -0.3 is 5.32 Å². The van der Waals surface area contributed by atoms with Gasteiger partial charge in [0.1, 0.15) is 0 Å². The number of halogens is 1. The average molecular weight is 305 g/mol. The van der Waals surface area contributed by atoms with Crippen molar-refractivity contribution >= 4 is 17.3 Å². The molecule has 5 heteroatoms. The normalized spacial score (nSPS) is 12.1. The fourth-order valence-electron chi connectivity index (χ4n) is 2.21. The van der Waals surface area contributed by atoms with Gasteiger partial charge in [-0.3, -0.25) is 10.1 Å². The topological polar surface area (TPSA) is 55.2 Å². The van der Waals surface area contributed by atoms with Crippen molar-refractivity contribution in [1.82, 2.24) is 5.32 Å². The highest BCUT2D eigenvalue weighted by Gasteiger charge is 2.17. The Labute approximate surface area is 128 Å². The second-order valence-electron chi connectivity index (χ2n) is 4.87. The van der Waals surface area contributed by atoms with E-state index in [0.29, 0.717) is 5.56 Å². The molecule has 4 nitrogen and oxygen atoms in total. The SMILES string of the molecule is CC(NCCc1ccc(Cl)cc1)c1ccccc1[N+](=O)[O-]. The van der Waals surface area contributed by atoms with Gasteiger partial charge in [-0.25, -0.2) is 0 Å². The highest BCUT2D eigenvalue weighted by Crippen LogP contribution is 2.24. The number of hydrogen-bond acceptors (Lipinski definition) is 3. The summed E-state index contributed by atoms with van der Waals surface area (Å²) in [5.41, 5.74) is 2.05. The molecule has 0 amide bonds. The van der Waals surface area contributed by atoms with Crippen molar-refractivity contribution in [2.24, 2.45) is 0 Å². The van der Waals surface area contributed by atoms with E-state index in [9.17, 15) is 10.1 Å². The molecule has 0 aromatic heterocycles. The molecule has 110 valence electrons. The minimum atomic E-state index is -0.341. The van der Waals surface area contributed by atoms with E-state index in [1.54, 1.807) is 12.1 Å². The summed E-state index contributed by atoms with van der Waals surface area (Å²) in [6.07, 6.45) is 0.849. The Morgan fingerprint density at radius 2 is 1.86 bits per heavy atom. The van der Waals surface area contributed by atoms with Gasteiger partial charge in [0, 0.05) is 22.7 Å². The zero-order valence-corrected chi connectivity index (χ0v) is 12.5. The summed E-state index contributed by atoms with van der Waals surface area (Å²) in [4.78, 5) is 10.7. The summed E-state index contributed by atoms with van der Waals surface area (Å²) in [7, 11) is 0. The van der Waals surface area contributed by atoms with Gasteiger partial charge in [-0.1, -0.05) is 41.9 Å². The van der Waals surface area contributed by atoms with Crippen LogP contribution in [0.1, 0.15) is 24.1 Å². The van der Waals surface area contributed by atoms with Crippen LogP contribution >= 0.6 is 11.6 Å². The van der Waals surface area contributed by atoms with E-state index in [4.69, 9.17) is 11.6 Å². The first-order chi connectivity index (χ1) is 10.1. The van der Waals surface area contributed by atoms with Crippen molar-refractivity contribution in [2.45, 2.75) is 19.4 Å². The van der Waals surface area contributed by atoms with Crippen LogP contribution in [-0.2, 0) is 6.42 Å². The Morgan fingerprint density at radius 1 is 1.19 bits per heavy atom. The summed E-state index contributed by atoms with van der Waals surface area (Å²) in [5, 5.41) is 15.1. The van der Waals surface area contributed by atoms with Crippen molar-refractivity contribution in [3.05, 3.63) is 74.8 Å². The van der Waals surface area contributed by atoms with Gasteiger partial charge in [-0.2, -0.15) is 0 Å². The summed E-state index contributed by atoms with van der Waals surface area (Å²) in [5.74, 6) is 0. The molecule has 0 spiro atoms. The van der Waals surface area contributed by atoms with Crippen LogP contribution in [-0.4, -0.2) is 11.5 Å². The van der Waals surface area contributed by atoms with Crippen molar-refractivity contribution in [3.8, 4) is 0 Å². The lowest BCUT2D eigenvalue weighted by molar-refractivity contribution is -0.385. The predicted molar refractivity (Wildman–Crippen MR) is 84.7 cm³/mol. The van der Waals surface area contributed by atoms with Crippen molar-refractivity contribution in [1.29, 1.82) is 0 Å². The molecule has 0 saturated heterocycles. The minimum Gasteiger partial charge on any atom is -0.310 e. The molecular formula is C16H17ClN2O2. The van der Waals surface area contributed by atoms with E-state index in [0.717, 1.165) is 18.0 Å². The third-order valence-corrected chi connectivity index (χ3v) is 3.63. The van der Waals surface area contributed by atoms with Crippen molar-refractivity contribution < 1.29 is 4.92 Å². The van der Waals surface area contributed by atoms with Gasteiger partial charge >= 0.3 is 0 Å². The van der Waals surface area contributed by atoms with Gasteiger partial charge in [-0.15, -0.1) is 0 Å². The zero-order chi connectivity index (χ0) is 15.2. The molecule has 21 heavy (non-hydrogen) atoms. The Kier molecular flexibility index (Phi) is 5.31. The van der Waals surface area contributed by atoms with E-state index in [2.05, 4.69) is 5.32 Å². The van der Waals surface area contributed by atoms with Crippen LogP contribution in [0.4, 0.5) is 5.69 Å². The number of nitrogens with zero attached hydrogens (tertiary/aromatic N) is 1. The van der Waals surface area contributed by atoms with E-state index in [-0.39, 0.29) is 16.7 Å². The Morgan fingerprint density at radius 3 is 2.52 bits per heavy atom. The van der Waals surface area contributed by atoms with Crippen LogP contribution in [0.2, 0.25) is 5.02 Å². The molecule has 1 unspecified atom stereocenters. The van der Waals surface area contributed by atoms with Gasteiger partial charge in [-0.05, 0) is 37.6 Å². The van der Waals surface area contributed by atoms with Crippen molar-refractivity contribution in [3.63, 3.8) is 0 Å². The molecule has 1 N–H and O–H groups in total. The molecule has 0 aliphatic heterocycles. The number of benzene rings is 2. The molecule has 0 fully saturated rings. The van der Waals surface area contributed by atoms with Crippen LogP contribution < -0.4 is 5.32 Å². The number of nitro benzene ring substituents is 1. The lowest BCUT2D eigenvalue weighted by Gasteiger charge is -2.14. The monoisotopic (exact) mass is 304 g/mol. The van der Waals surface area contributed by atoms with Gasteiger partial charge in [0.25, 0.3) is 5.69 Å². The highest BCUT2D eigenvalue weighted by atomic mass is 35.5. The molecular weight excluding hydrogens is 288 g/mol. The van der Waals surface area contributed by atoms with Crippen LogP contribution in [0.5, 0.6) is 0 Å². The summed E-state index contributed by atoms with van der Waals surface area (Å²) < 4.78 is 0. The lowest BCUT2D eigenvalue weighted by atomic mass is 10.1. The Bertz CT molecular complexity index is 614. The molecule has 0 radical (unpaired) electrons. The second kappa shape index (κ2) is 7.20. The summed E-state index contributed by atoms with van der Waals surface area (Å²) >= 11 is 5.84. The molecule has 2 aromatic rings. The fourth-order valence-corrected chi connectivity index (χ4v) is 2.34. The zero-order valence-electron chi connectivity index (χ0n) is 11.8. The molecule has 0 saturated carbocycles. The predicted octanol–water partition coefficient (Wildman–Crippen LogP) is 4.14. The van der Waals surface area contributed by atoms with Crippen LogP contribution in [0.15, 0.2) is 48.5 Å². The molecule has 0 aliphatic carbocycles. The maximum absolute atomic E-state index is 11.0. The average Bonchev–Trinajstić information content (AvgIpc) is 2.49. The minimum absolute atomic E-state index is 0.0705. The van der Waals surface area contributed by atoms with Gasteiger partial charge in [0.2, 0.25) is 0 Å². The third-order valence-electron chi connectivity index (χ3n) is 3.38. The van der Waals surface area contributed by atoms with E-state index < -0.39 is 0 Å². The first kappa shape index (κ1) is 15.5. The van der Waals surface area contributed by atoms with E-state index >= 15 is 0 Å². The lowest BCUT2D eigenvalue weighted by Crippen LogP contribution is -2.22.